The van der Waals surface area contributed by atoms with Crippen molar-refractivity contribution < 1.29 is 9.66 Å². The van der Waals surface area contributed by atoms with Gasteiger partial charge in [0.15, 0.2) is 0 Å². The van der Waals surface area contributed by atoms with Crippen LogP contribution in [0.3, 0.4) is 0 Å². The molecule has 0 aliphatic carbocycles. The predicted octanol–water partition coefficient (Wildman–Crippen LogP) is 4.10. The second-order valence-electron chi connectivity index (χ2n) is 5.05. The summed E-state index contributed by atoms with van der Waals surface area (Å²) in [5.74, 6) is -0.456. The van der Waals surface area contributed by atoms with Crippen LogP contribution >= 0.6 is 15.9 Å². The van der Waals surface area contributed by atoms with Crippen LogP contribution in [0.1, 0.15) is 17.0 Å². The normalized spacial score (nSPS) is 20.0. The van der Waals surface area contributed by atoms with Crippen molar-refractivity contribution in [1.82, 2.24) is 0 Å². The summed E-state index contributed by atoms with van der Waals surface area (Å²) in [7, 11) is 0. The van der Waals surface area contributed by atoms with Crippen LogP contribution in [0.25, 0.3) is 5.76 Å². The lowest BCUT2D eigenvalue weighted by Crippen LogP contribution is -2.26. The SMILES string of the molecule is N#CC1=C(c2ccccc2)O[C@H]([N+](=O)[O-])[C@H]1c1cccc(Br)c1. The van der Waals surface area contributed by atoms with Gasteiger partial charge in [-0.25, -0.2) is 0 Å². The molecule has 0 aromatic heterocycles. The van der Waals surface area contributed by atoms with E-state index in [1.165, 1.54) is 0 Å². The van der Waals surface area contributed by atoms with Crippen molar-refractivity contribution >= 4 is 21.7 Å². The summed E-state index contributed by atoms with van der Waals surface area (Å²) < 4.78 is 6.36. The Labute approximate surface area is 141 Å². The average molecular weight is 371 g/mol. The molecule has 0 fully saturated rings. The van der Waals surface area contributed by atoms with Crippen LogP contribution in [0.2, 0.25) is 0 Å². The summed E-state index contributed by atoms with van der Waals surface area (Å²) in [6.07, 6.45) is -1.31. The van der Waals surface area contributed by atoms with Crippen LogP contribution < -0.4 is 0 Å². The fourth-order valence-electron chi connectivity index (χ4n) is 2.67. The van der Waals surface area contributed by atoms with E-state index in [1.807, 2.05) is 12.1 Å². The number of hydrogen-bond acceptors (Lipinski definition) is 4. The molecular weight excluding hydrogens is 360 g/mol. The van der Waals surface area contributed by atoms with E-state index in [1.54, 1.807) is 42.5 Å². The van der Waals surface area contributed by atoms with E-state index in [0.717, 1.165) is 4.47 Å². The van der Waals surface area contributed by atoms with Crippen LogP contribution in [-0.2, 0) is 4.74 Å². The molecule has 0 unspecified atom stereocenters. The molecule has 0 radical (unpaired) electrons. The van der Waals surface area contributed by atoms with Crippen molar-refractivity contribution in [3.05, 3.63) is 85.9 Å². The largest absolute Gasteiger partial charge is 0.427 e. The van der Waals surface area contributed by atoms with Gasteiger partial charge in [-0.1, -0.05) is 58.4 Å². The van der Waals surface area contributed by atoms with Gasteiger partial charge in [-0.15, -0.1) is 0 Å². The van der Waals surface area contributed by atoms with Gasteiger partial charge in [0.2, 0.25) is 0 Å². The van der Waals surface area contributed by atoms with Crippen molar-refractivity contribution in [2.24, 2.45) is 0 Å². The maximum atomic E-state index is 11.4. The van der Waals surface area contributed by atoms with E-state index in [0.29, 0.717) is 11.1 Å². The number of rotatable bonds is 3. The molecule has 23 heavy (non-hydrogen) atoms. The third-order valence-electron chi connectivity index (χ3n) is 3.65. The highest BCUT2D eigenvalue weighted by molar-refractivity contribution is 9.10. The first-order valence-corrected chi connectivity index (χ1v) is 7.66. The molecule has 1 aliphatic heterocycles. The van der Waals surface area contributed by atoms with Gasteiger partial charge >= 0.3 is 6.23 Å². The fourth-order valence-corrected chi connectivity index (χ4v) is 3.08. The van der Waals surface area contributed by atoms with Gasteiger partial charge in [-0.05, 0) is 17.7 Å². The summed E-state index contributed by atoms with van der Waals surface area (Å²) in [5, 5.41) is 21.0. The van der Waals surface area contributed by atoms with Crippen LogP contribution in [0.4, 0.5) is 0 Å². The Kier molecular flexibility index (Phi) is 4.13. The van der Waals surface area contributed by atoms with Crippen molar-refractivity contribution in [3.8, 4) is 6.07 Å². The Bertz CT molecular complexity index is 827. The van der Waals surface area contributed by atoms with E-state index in [-0.39, 0.29) is 11.3 Å². The maximum absolute atomic E-state index is 11.4. The molecule has 0 saturated heterocycles. The zero-order chi connectivity index (χ0) is 16.4. The van der Waals surface area contributed by atoms with Crippen LogP contribution in [0.5, 0.6) is 0 Å². The van der Waals surface area contributed by atoms with Crippen LogP contribution in [0, 0.1) is 21.4 Å². The number of nitrogens with zero attached hydrogens (tertiary/aromatic N) is 2. The molecule has 6 heteroatoms. The number of hydrogen-bond donors (Lipinski definition) is 0. The molecule has 1 heterocycles. The third kappa shape index (κ3) is 2.83. The number of benzene rings is 2. The molecule has 5 nitrogen and oxygen atoms in total. The van der Waals surface area contributed by atoms with Crippen molar-refractivity contribution in [3.63, 3.8) is 0 Å². The minimum absolute atomic E-state index is 0.274. The molecular formula is C17H11BrN2O3. The summed E-state index contributed by atoms with van der Waals surface area (Å²) in [6, 6.07) is 18.2. The molecule has 0 spiro atoms. The summed E-state index contributed by atoms with van der Waals surface area (Å²) in [4.78, 5) is 11.0. The van der Waals surface area contributed by atoms with Crippen LogP contribution in [0.15, 0.2) is 64.6 Å². The van der Waals surface area contributed by atoms with Crippen LogP contribution in [-0.4, -0.2) is 11.2 Å². The Morgan fingerprint density at radius 2 is 1.91 bits per heavy atom. The number of ether oxygens (including phenoxy) is 1. The van der Waals surface area contributed by atoms with E-state index in [2.05, 4.69) is 22.0 Å². The molecule has 0 bridgehead atoms. The highest BCUT2D eigenvalue weighted by Gasteiger charge is 2.46. The molecule has 3 rings (SSSR count). The number of nitriles is 1. The first kappa shape index (κ1) is 15.3. The highest BCUT2D eigenvalue weighted by Crippen LogP contribution is 2.43. The number of nitro groups is 1. The Balaban J connectivity index is 2.15. The average Bonchev–Trinajstić information content (AvgIpc) is 2.95. The molecule has 2 atom stereocenters. The number of halogens is 1. The first-order chi connectivity index (χ1) is 11.1. The molecule has 2 aromatic rings. The second kappa shape index (κ2) is 6.23. The lowest BCUT2D eigenvalue weighted by Gasteiger charge is -2.13. The first-order valence-electron chi connectivity index (χ1n) is 6.87. The van der Waals surface area contributed by atoms with Gasteiger partial charge in [0.05, 0.1) is 16.6 Å². The van der Waals surface area contributed by atoms with E-state index in [9.17, 15) is 15.4 Å². The van der Waals surface area contributed by atoms with Crippen molar-refractivity contribution in [1.29, 1.82) is 5.26 Å². The van der Waals surface area contributed by atoms with E-state index in [4.69, 9.17) is 4.74 Å². The van der Waals surface area contributed by atoms with Gasteiger partial charge in [-0.3, -0.25) is 10.1 Å². The molecule has 0 saturated carbocycles. The topological polar surface area (TPSA) is 76.2 Å². The maximum Gasteiger partial charge on any atom is 0.365 e. The summed E-state index contributed by atoms with van der Waals surface area (Å²) in [5.41, 5.74) is 1.60. The lowest BCUT2D eigenvalue weighted by molar-refractivity contribution is -0.567. The summed E-state index contributed by atoms with van der Waals surface area (Å²) in [6.45, 7) is 0. The quantitative estimate of drug-likeness (QED) is 0.601. The van der Waals surface area contributed by atoms with Gasteiger partial charge < -0.3 is 4.74 Å². The Morgan fingerprint density at radius 1 is 1.17 bits per heavy atom. The minimum Gasteiger partial charge on any atom is -0.427 e. The van der Waals surface area contributed by atoms with Gasteiger partial charge in [-0.2, -0.15) is 5.26 Å². The lowest BCUT2D eigenvalue weighted by atomic mass is 9.90. The Hall–Kier alpha value is -2.65. The molecule has 114 valence electrons. The van der Waals surface area contributed by atoms with Crippen molar-refractivity contribution in [2.75, 3.05) is 0 Å². The monoisotopic (exact) mass is 370 g/mol. The van der Waals surface area contributed by atoms with Gasteiger partial charge in [0, 0.05) is 10.0 Å². The smallest absolute Gasteiger partial charge is 0.365 e. The fraction of sp³-hybridized carbons (Fsp3) is 0.118. The van der Waals surface area contributed by atoms with E-state index < -0.39 is 17.1 Å². The zero-order valence-electron chi connectivity index (χ0n) is 11.8. The van der Waals surface area contributed by atoms with Crippen molar-refractivity contribution in [2.45, 2.75) is 12.1 Å². The standard InChI is InChI=1S/C17H11BrN2O3/c18-13-8-4-7-12(9-13)15-14(10-19)16(23-17(15)20(21)22)11-5-2-1-3-6-11/h1-9,15,17H/t15-,17-/m0/s1. The van der Waals surface area contributed by atoms with E-state index >= 15 is 0 Å². The van der Waals surface area contributed by atoms with Gasteiger partial charge in [0.1, 0.15) is 11.7 Å². The zero-order valence-corrected chi connectivity index (χ0v) is 13.4. The highest BCUT2D eigenvalue weighted by atomic mass is 79.9. The molecule has 2 aromatic carbocycles. The summed E-state index contributed by atoms with van der Waals surface area (Å²) >= 11 is 3.36. The predicted molar refractivity (Wildman–Crippen MR) is 87.7 cm³/mol. The minimum atomic E-state index is -1.31. The van der Waals surface area contributed by atoms with Gasteiger partial charge in [0.25, 0.3) is 0 Å². The molecule has 1 aliphatic rings. The Morgan fingerprint density at radius 3 is 2.52 bits per heavy atom. The molecule has 0 N–H and O–H groups in total. The molecule has 0 amide bonds. The second-order valence-corrected chi connectivity index (χ2v) is 5.96. The third-order valence-corrected chi connectivity index (χ3v) is 4.14.